The lowest BCUT2D eigenvalue weighted by Gasteiger charge is -2.19. The molecule has 0 aliphatic rings. The Morgan fingerprint density at radius 1 is 1.40 bits per heavy atom. The van der Waals surface area contributed by atoms with Gasteiger partial charge in [0.25, 0.3) is 0 Å². The van der Waals surface area contributed by atoms with Crippen molar-refractivity contribution in [1.82, 2.24) is 4.98 Å². The first-order chi connectivity index (χ1) is 9.30. The summed E-state index contributed by atoms with van der Waals surface area (Å²) in [6, 6.07) is 3.64. The van der Waals surface area contributed by atoms with E-state index >= 15 is 0 Å². The molecule has 112 valence electrons. The van der Waals surface area contributed by atoms with Crippen molar-refractivity contribution in [3.8, 4) is 0 Å². The maximum Gasteiger partial charge on any atom is 0.413 e. The van der Waals surface area contributed by atoms with Crippen LogP contribution in [0.25, 0.3) is 0 Å². The van der Waals surface area contributed by atoms with Gasteiger partial charge in [0, 0.05) is 6.54 Å². The van der Waals surface area contributed by atoms with Crippen molar-refractivity contribution in [2.45, 2.75) is 46.6 Å². The molecule has 1 heterocycles. The van der Waals surface area contributed by atoms with Gasteiger partial charge in [0.05, 0.1) is 11.9 Å². The Hall–Kier alpha value is -1.78. The lowest BCUT2D eigenvalue weighted by atomic mass is 10.1. The van der Waals surface area contributed by atoms with E-state index in [-0.39, 0.29) is 0 Å². The van der Waals surface area contributed by atoms with E-state index in [1.807, 2.05) is 26.8 Å². The molecule has 1 atom stereocenters. The summed E-state index contributed by atoms with van der Waals surface area (Å²) in [6.45, 7) is 10.7. The van der Waals surface area contributed by atoms with E-state index < -0.39 is 11.7 Å². The molecule has 5 heteroatoms. The summed E-state index contributed by atoms with van der Waals surface area (Å²) in [6.07, 6.45) is 2.35. The Bertz CT molecular complexity index is 424. The van der Waals surface area contributed by atoms with E-state index in [2.05, 4.69) is 29.5 Å². The zero-order valence-corrected chi connectivity index (χ0v) is 13.0. The first-order valence-electron chi connectivity index (χ1n) is 7.00. The molecule has 1 aromatic rings. The van der Waals surface area contributed by atoms with Crippen LogP contribution in [0.5, 0.6) is 0 Å². The van der Waals surface area contributed by atoms with E-state index in [4.69, 9.17) is 4.74 Å². The largest absolute Gasteiger partial charge is 0.444 e. The van der Waals surface area contributed by atoms with Crippen LogP contribution >= 0.6 is 0 Å². The summed E-state index contributed by atoms with van der Waals surface area (Å²) in [7, 11) is 0. The van der Waals surface area contributed by atoms with Crippen LogP contribution < -0.4 is 10.6 Å². The Morgan fingerprint density at radius 2 is 2.10 bits per heavy atom. The maximum absolute atomic E-state index is 11.6. The van der Waals surface area contributed by atoms with Crippen molar-refractivity contribution in [2.75, 3.05) is 17.2 Å². The molecule has 0 aromatic carbocycles. The Balaban J connectivity index is 2.48. The Morgan fingerprint density at radius 3 is 2.60 bits per heavy atom. The third-order valence-corrected chi connectivity index (χ3v) is 2.74. The van der Waals surface area contributed by atoms with E-state index in [9.17, 15) is 4.79 Å². The average Bonchev–Trinajstić information content (AvgIpc) is 2.35. The van der Waals surface area contributed by atoms with Gasteiger partial charge in [-0.3, -0.25) is 5.32 Å². The van der Waals surface area contributed by atoms with Crippen molar-refractivity contribution < 1.29 is 9.53 Å². The third kappa shape index (κ3) is 6.41. The normalized spacial score (nSPS) is 12.7. The van der Waals surface area contributed by atoms with Crippen molar-refractivity contribution in [3.63, 3.8) is 0 Å². The summed E-state index contributed by atoms with van der Waals surface area (Å²) < 4.78 is 5.16. The third-order valence-electron chi connectivity index (χ3n) is 2.74. The second-order valence-electron chi connectivity index (χ2n) is 5.95. The molecule has 0 aliphatic carbocycles. The average molecular weight is 279 g/mol. The summed E-state index contributed by atoms with van der Waals surface area (Å²) in [5.41, 5.74) is 0.432. The second kappa shape index (κ2) is 7.12. The smallest absolute Gasteiger partial charge is 0.413 e. The van der Waals surface area contributed by atoms with Crippen LogP contribution in [0.4, 0.5) is 16.3 Å². The zero-order chi connectivity index (χ0) is 15.2. The predicted molar refractivity (Wildman–Crippen MR) is 82.0 cm³/mol. The lowest BCUT2D eigenvalue weighted by Crippen LogP contribution is -2.27. The molecule has 20 heavy (non-hydrogen) atoms. The minimum Gasteiger partial charge on any atom is -0.444 e. The molecule has 1 amide bonds. The second-order valence-corrected chi connectivity index (χ2v) is 5.95. The van der Waals surface area contributed by atoms with E-state index in [0.717, 1.165) is 18.7 Å². The summed E-state index contributed by atoms with van der Waals surface area (Å²) in [5, 5.41) is 5.91. The quantitative estimate of drug-likeness (QED) is 0.858. The van der Waals surface area contributed by atoms with Crippen molar-refractivity contribution in [3.05, 3.63) is 18.3 Å². The predicted octanol–water partition coefficient (Wildman–Crippen LogP) is 3.89. The molecule has 0 spiro atoms. The molecule has 0 bridgehead atoms. The zero-order valence-electron chi connectivity index (χ0n) is 13.0. The molecule has 0 saturated carbocycles. The number of aromatic nitrogens is 1. The summed E-state index contributed by atoms with van der Waals surface area (Å²) >= 11 is 0. The molecule has 0 fully saturated rings. The number of anilines is 2. The highest BCUT2D eigenvalue weighted by molar-refractivity contribution is 5.83. The van der Waals surface area contributed by atoms with Crippen LogP contribution in [0, 0.1) is 5.92 Å². The monoisotopic (exact) mass is 279 g/mol. The number of carbonyl (C=O) groups is 1. The SMILES string of the molecule is CCC(C)CNc1ccc(NC(=O)OC(C)(C)C)nc1. The van der Waals surface area contributed by atoms with Crippen LogP contribution in [0.2, 0.25) is 0 Å². The van der Waals surface area contributed by atoms with E-state index in [1.54, 1.807) is 12.3 Å². The highest BCUT2D eigenvalue weighted by Crippen LogP contribution is 2.13. The first-order valence-corrected chi connectivity index (χ1v) is 7.00. The van der Waals surface area contributed by atoms with Gasteiger partial charge in [-0.05, 0) is 38.8 Å². The van der Waals surface area contributed by atoms with Gasteiger partial charge in [0.2, 0.25) is 0 Å². The fourth-order valence-corrected chi connectivity index (χ4v) is 1.42. The number of pyridine rings is 1. The fraction of sp³-hybridized carbons (Fsp3) is 0.600. The Kier molecular flexibility index (Phi) is 5.80. The van der Waals surface area contributed by atoms with Crippen LogP contribution in [-0.4, -0.2) is 23.2 Å². The molecule has 1 aromatic heterocycles. The highest BCUT2D eigenvalue weighted by Gasteiger charge is 2.16. The standard InChI is InChI=1S/C15H25N3O2/c1-6-11(2)9-16-12-7-8-13(17-10-12)18-14(19)20-15(3,4)5/h7-8,10-11,16H,6,9H2,1-5H3,(H,17,18,19). The maximum atomic E-state index is 11.6. The van der Waals surface area contributed by atoms with Gasteiger partial charge >= 0.3 is 6.09 Å². The van der Waals surface area contributed by atoms with Crippen LogP contribution in [0.1, 0.15) is 41.0 Å². The molecule has 1 unspecified atom stereocenters. The minimum atomic E-state index is -0.512. The van der Waals surface area contributed by atoms with Crippen molar-refractivity contribution >= 4 is 17.6 Å². The van der Waals surface area contributed by atoms with Gasteiger partial charge in [0.1, 0.15) is 11.4 Å². The van der Waals surface area contributed by atoms with Crippen LogP contribution in [0.15, 0.2) is 18.3 Å². The number of amides is 1. The molecule has 1 rings (SSSR count). The number of carbonyl (C=O) groups excluding carboxylic acids is 1. The molecule has 0 radical (unpaired) electrons. The molecule has 0 saturated heterocycles. The topological polar surface area (TPSA) is 63.2 Å². The van der Waals surface area contributed by atoms with Gasteiger partial charge in [-0.1, -0.05) is 20.3 Å². The fourth-order valence-electron chi connectivity index (χ4n) is 1.42. The van der Waals surface area contributed by atoms with Crippen LogP contribution in [0.3, 0.4) is 0 Å². The molecule has 2 N–H and O–H groups in total. The lowest BCUT2D eigenvalue weighted by molar-refractivity contribution is 0.0635. The molecule has 0 aliphatic heterocycles. The van der Waals surface area contributed by atoms with Crippen molar-refractivity contribution in [2.24, 2.45) is 5.92 Å². The molecule has 5 nitrogen and oxygen atoms in total. The van der Waals surface area contributed by atoms with Gasteiger partial charge in [-0.15, -0.1) is 0 Å². The minimum absolute atomic E-state index is 0.480. The van der Waals surface area contributed by atoms with Gasteiger partial charge in [-0.25, -0.2) is 9.78 Å². The Labute approximate surface area is 121 Å². The molecular weight excluding hydrogens is 254 g/mol. The highest BCUT2D eigenvalue weighted by atomic mass is 16.6. The number of ether oxygens (including phenoxy) is 1. The number of hydrogen-bond acceptors (Lipinski definition) is 4. The summed E-state index contributed by atoms with van der Waals surface area (Å²) in [5.74, 6) is 1.10. The first kappa shape index (κ1) is 16.3. The van der Waals surface area contributed by atoms with Crippen molar-refractivity contribution in [1.29, 1.82) is 0 Å². The van der Waals surface area contributed by atoms with Crippen LogP contribution in [-0.2, 0) is 4.74 Å². The van der Waals surface area contributed by atoms with Gasteiger partial charge in [0.15, 0.2) is 0 Å². The molecular formula is C15H25N3O2. The van der Waals surface area contributed by atoms with E-state index in [1.165, 1.54) is 0 Å². The number of hydrogen-bond donors (Lipinski definition) is 2. The number of rotatable bonds is 5. The van der Waals surface area contributed by atoms with Gasteiger partial charge < -0.3 is 10.1 Å². The number of nitrogens with zero attached hydrogens (tertiary/aromatic N) is 1. The number of nitrogens with one attached hydrogen (secondary N) is 2. The van der Waals surface area contributed by atoms with E-state index in [0.29, 0.717) is 11.7 Å². The van der Waals surface area contributed by atoms with Gasteiger partial charge in [-0.2, -0.15) is 0 Å². The summed E-state index contributed by atoms with van der Waals surface area (Å²) in [4.78, 5) is 15.8.